The maximum atomic E-state index is 12.6. The van der Waals surface area contributed by atoms with Gasteiger partial charge in [0.2, 0.25) is 10.0 Å². The van der Waals surface area contributed by atoms with Crippen LogP contribution >= 0.6 is 11.6 Å². The molecule has 0 saturated carbocycles. The van der Waals surface area contributed by atoms with Crippen LogP contribution in [0.3, 0.4) is 0 Å². The van der Waals surface area contributed by atoms with Crippen LogP contribution in [0.25, 0.3) is 0 Å². The smallest absolute Gasteiger partial charge is 0.243 e. The number of hydrogen-bond donors (Lipinski definition) is 1. The molecule has 1 aromatic carbocycles. The molecule has 7 heteroatoms. The van der Waals surface area contributed by atoms with E-state index in [0.29, 0.717) is 31.2 Å². The van der Waals surface area contributed by atoms with Crippen molar-refractivity contribution >= 4 is 21.6 Å². The van der Waals surface area contributed by atoms with Crippen molar-refractivity contribution in [1.29, 1.82) is 0 Å². The summed E-state index contributed by atoms with van der Waals surface area (Å²) in [7, 11) is -3.49. The monoisotopic (exact) mass is 318 g/mol. The molecule has 2 rings (SSSR count). The Kier molecular flexibility index (Phi) is 5.40. The third-order valence-corrected chi connectivity index (χ3v) is 5.53. The van der Waals surface area contributed by atoms with Crippen molar-refractivity contribution < 1.29 is 13.5 Å². The Morgan fingerprint density at radius 2 is 2.00 bits per heavy atom. The van der Waals surface area contributed by atoms with E-state index in [1.165, 1.54) is 10.4 Å². The molecule has 1 saturated heterocycles. The van der Waals surface area contributed by atoms with E-state index in [-0.39, 0.29) is 11.5 Å². The van der Waals surface area contributed by atoms with E-state index in [4.69, 9.17) is 16.7 Å². The molecular formula is C13H19ClN2O3S. The third kappa shape index (κ3) is 3.71. The van der Waals surface area contributed by atoms with Gasteiger partial charge in [0.25, 0.3) is 0 Å². The number of aliphatic hydroxyl groups excluding tert-OH is 1. The molecular weight excluding hydrogens is 300 g/mol. The largest absolute Gasteiger partial charge is 0.395 e. The molecule has 0 aromatic heterocycles. The summed E-state index contributed by atoms with van der Waals surface area (Å²) in [5.74, 6) is 0. The summed E-state index contributed by atoms with van der Waals surface area (Å²) in [6.07, 6.45) is 0.764. The first-order valence-electron chi connectivity index (χ1n) is 6.63. The summed E-state index contributed by atoms with van der Waals surface area (Å²) in [6.45, 7) is 3.07. The second-order valence-electron chi connectivity index (χ2n) is 4.78. The van der Waals surface area contributed by atoms with Crippen molar-refractivity contribution in [3.05, 3.63) is 29.3 Å². The second-order valence-corrected chi connectivity index (χ2v) is 7.15. The summed E-state index contributed by atoms with van der Waals surface area (Å²) in [6, 6.07) is 6.35. The van der Waals surface area contributed by atoms with Gasteiger partial charge in [-0.05, 0) is 31.2 Å². The first-order valence-corrected chi connectivity index (χ1v) is 8.45. The lowest BCUT2D eigenvalue weighted by Gasteiger charge is -2.21. The Bertz CT molecular complexity index is 550. The number of hydrogen-bond acceptors (Lipinski definition) is 4. The van der Waals surface area contributed by atoms with Gasteiger partial charge in [-0.3, -0.25) is 4.90 Å². The van der Waals surface area contributed by atoms with Crippen molar-refractivity contribution in [2.45, 2.75) is 11.3 Å². The van der Waals surface area contributed by atoms with E-state index >= 15 is 0 Å². The van der Waals surface area contributed by atoms with Gasteiger partial charge in [-0.2, -0.15) is 4.31 Å². The number of aliphatic hydroxyl groups is 1. The SMILES string of the molecule is O=S(=O)(c1cccc(Cl)c1)N1CCCN(CCO)CC1. The van der Waals surface area contributed by atoms with Gasteiger partial charge in [0, 0.05) is 31.2 Å². The predicted octanol–water partition coefficient (Wildman–Crippen LogP) is 1.03. The summed E-state index contributed by atoms with van der Waals surface area (Å²) in [5, 5.41) is 9.38. The maximum absolute atomic E-state index is 12.6. The van der Waals surface area contributed by atoms with Crippen LogP contribution in [0.1, 0.15) is 6.42 Å². The number of β-amino-alcohol motifs (C(OH)–C–C–N with tert-alkyl or cyclic N) is 1. The minimum Gasteiger partial charge on any atom is -0.395 e. The van der Waals surface area contributed by atoms with Crippen molar-refractivity contribution in [2.75, 3.05) is 39.3 Å². The van der Waals surface area contributed by atoms with Crippen LogP contribution in [-0.4, -0.2) is 62.1 Å². The molecule has 20 heavy (non-hydrogen) atoms. The van der Waals surface area contributed by atoms with Gasteiger partial charge in [0.1, 0.15) is 0 Å². The highest BCUT2D eigenvalue weighted by Gasteiger charge is 2.26. The fraction of sp³-hybridized carbons (Fsp3) is 0.538. The molecule has 1 aliphatic heterocycles. The summed E-state index contributed by atoms with van der Waals surface area (Å²) < 4.78 is 26.6. The van der Waals surface area contributed by atoms with Gasteiger partial charge in [0.15, 0.2) is 0 Å². The summed E-state index contributed by atoms with van der Waals surface area (Å²) in [5.41, 5.74) is 0. The minimum atomic E-state index is -3.49. The zero-order chi connectivity index (χ0) is 14.6. The molecule has 5 nitrogen and oxygen atoms in total. The molecule has 0 amide bonds. The van der Waals surface area contributed by atoms with Crippen LogP contribution in [-0.2, 0) is 10.0 Å². The van der Waals surface area contributed by atoms with E-state index in [1.54, 1.807) is 18.2 Å². The Hall–Kier alpha value is -0.660. The molecule has 0 aliphatic carbocycles. The van der Waals surface area contributed by atoms with E-state index in [0.717, 1.165) is 13.0 Å². The van der Waals surface area contributed by atoms with Crippen LogP contribution < -0.4 is 0 Å². The number of sulfonamides is 1. The molecule has 0 atom stereocenters. The van der Waals surface area contributed by atoms with Crippen LogP contribution in [0.4, 0.5) is 0 Å². The van der Waals surface area contributed by atoms with Gasteiger partial charge in [-0.25, -0.2) is 8.42 Å². The molecule has 0 spiro atoms. The third-order valence-electron chi connectivity index (χ3n) is 3.40. The van der Waals surface area contributed by atoms with Crippen molar-refractivity contribution in [3.63, 3.8) is 0 Å². The zero-order valence-corrected chi connectivity index (χ0v) is 12.8. The number of benzene rings is 1. The normalized spacial score (nSPS) is 18.9. The van der Waals surface area contributed by atoms with E-state index in [9.17, 15) is 8.42 Å². The maximum Gasteiger partial charge on any atom is 0.243 e. The van der Waals surface area contributed by atoms with Crippen LogP contribution in [0.15, 0.2) is 29.2 Å². The molecule has 0 radical (unpaired) electrons. The highest BCUT2D eigenvalue weighted by Crippen LogP contribution is 2.20. The average Bonchev–Trinajstić information content (AvgIpc) is 2.65. The predicted molar refractivity (Wildman–Crippen MR) is 78.4 cm³/mol. The Labute approximate surface area is 124 Å². The number of nitrogens with zero attached hydrogens (tertiary/aromatic N) is 2. The molecule has 0 bridgehead atoms. The van der Waals surface area contributed by atoms with Crippen molar-refractivity contribution in [2.24, 2.45) is 0 Å². The van der Waals surface area contributed by atoms with Crippen LogP contribution in [0, 0.1) is 0 Å². The quantitative estimate of drug-likeness (QED) is 0.901. The van der Waals surface area contributed by atoms with Gasteiger partial charge in [0.05, 0.1) is 11.5 Å². The van der Waals surface area contributed by atoms with Gasteiger partial charge in [-0.1, -0.05) is 17.7 Å². The summed E-state index contributed by atoms with van der Waals surface area (Å²) >= 11 is 5.87. The van der Waals surface area contributed by atoms with Crippen molar-refractivity contribution in [3.8, 4) is 0 Å². The molecule has 1 fully saturated rings. The average molecular weight is 319 g/mol. The molecule has 1 aliphatic rings. The number of halogens is 1. The second kappa shape index (κ2) is 6.87. The Morgan fingerprint density at radius 3 is 2.70 bits per heavy atom. The Balaban J connectivity index is 2.14. The zero-order valence-electron chi connectivity index (χ0n) is 11.2. The van der Waals surface area contributed by atoms with Gasteiger partial charge >= 0.3 is 0 Å². The summed E-state index contributed by atoms with van der Waals surface area (Å²) in [4.78, 5) is 2.31. The van der Waals surface area contributed by atoms with Gasteiger partial charge in [-0.15, -0.1) is 0 Å². The molecule has 1 N–H and O–H groups in total. The minimum absolute atomic E-state index is 0.0983. The highest BCUT2D eigenvalue weighted by atomic mass is 35.5. The fourth-order valence-electron chi connectivity index (χ4n) is 2.33. The van der Waals surface area contributed by atoms with Crippen molar-refractivity contribution in [1.82, 2.24) is 9.21 Å². The van der Waals surface area contributed by atoms with E-state index in [2.05, 4.69) is 4.90 Å². The lowest BCUT2D eigenvalue weighted by atomic mass is 10.4. The first kappa shape index (κ1) is 15.7. The number of rotatable bonds is 4. The molecule has 1 aromatic rings. The molecule has 1 heterocycles. The first-order chi connectivity index (χ1) is 9.54. The fourth-order valence-corrected chi connectivity index (χ4v) is 4.10. The molecule has 112 valence electrons. The topological polar surface area (TPSA) is 60.9 Å². The Morgan fingerprint density at radius 1 is 1.20 bits per heavy atom. The standard InChI is InChI=1S/C13H19ClN2O3S/c14-12-3-1-4-13(11-12)20(18,19)16-6-2-5-15(7-8-16)9-10-17/h1,3-4,11,17H,2,5-10H2. The lowest BCUT2D eigenvalue weighted by Crippen LogP contribution is -2.35. The highest BCUT2D eigenvalue weighted by molar-refractivity contribution is 7.89. The molecule has 0 unspecified atom stereocenters. The van der Waals surface area contributed by atoms with E-state index < -0.39 is 10.0 Å². The van der Waals surface area contributed by atoms with Crippen LogP contribution in [0.2, 0.25) is 5.02 Å². The van der Waals surface area contributed by atoms with E-state index in [1.807, 2.05) is 0 Å². The van der Waals surface area contributed by atoms with Crippen LogP contribution in [0.5, 0.6) is 0 Å². The van der Waals surface area contributed by atoms with Gasteiger partial charge < -0.3 is 5.11 Å². The lowest BCUT2D eigenvalue weighted by molar-refractivity contribution is 0.202.